The van der Waals surface area contributed by atoms with Crippen molar-refractivity contribution < 1.29 is 17.6 Å². The Labute approximate surface area is 224 Å². The van der Waals surface area contributed by atoms with Gasteiger partial charge in [0.25, 0.3) is 0 Å². The van der Waals surface area contributed by atoms with Crippen molar-refractivity contribution in [3.63, 3.8) is 0 Å². The summed E-state index contributed by atoms with van der Waals surface area (Å²) in [5.74, 6) is -0.299. The third-order valence-electron chi connectivity index (χ3n) is 7.54. The molecular formula is C28H29F4N5S. The highest BCUT2D eigenvalue weighted by molar-refractivity contribution is 7.80. The zero-order valence-corrected chi connectivity index (χ0v) is 21.6. The Morgan fingerprint density at radius 2 is 1.68 bits per heavy atom. The van der Waals surface area contributed by atoms with Crippen molar-refractivity contribution in [3.8, 4) is 0 Å². The first kappa shape index (κ1) is 26.3. The second kappa shape index (κ2) is 10.8. The van der Waals surface area contributed by atoms with E-state index in [1.807, 2.05) is 29.2 Å². The van der Waals surface area contributed by atoms with E-state index in [0.717, 1.165) is 55.7 Å². The summed E-state index contributed by atoms with van der Waals surface area (Å²) in [7, 11) is 0. The summed E-state index contributed by atoms with van der Waals surface area (Å²) in [6.07, 6.45) is 1.12. The van der Waals surface area contributed by atoms with Gasteiger partial charge in [-0.3, -0.25) is 0 Å². The Morgan fingerprint density at radius 1 is 0.974 bits per heavy atom. The fraction of sp³-hybridized carbons (Fsp3) is 0.393. The number of nitrogens with zero attached hydrogens (tertiary/aromatic N) is 3. The van der Waals surface area contributed by atoms with E-state index in [4.69, 9.17) is 12.2 Å². The van der Waals surface area contributed by atoms with Crippen LogP contribution in [0.3, 0.4) is 0 Å². The molecule has 1 saturated carbocycles. The number of hydrogen-bond donors (Lipinski definition) is 2. The Bertz CT molecular complexity index is 1290. The molecule has 10 heteroatoms. The van der Waals surface area contributed by atoms with Crippen molar-refractivity contribution in [1.29, 1.82) is 0 Å². The molecule has 0 bridgehead atoms. The predicted molar refractivity (Wildman–Crippen MR) is 144 cm³/mol. The lowest BCUT2D eigenvalue weighted by Crippen LogP contribution is -2.43. The minimum atomic E-state index is -4.63. The standard InChI is InChI=1S/C28H29F4N5S/c29-22-10-8-21(9-11-22)27(13-4-1-5-14-27)18-33-26(38)36-25-34-23(28(30,31)32)16-24(35-25)37-15-12-19-6-2-3-7-20(19)17-37/h2-3,6-11,16H,1,4-5,12-15,17-18H2,(H2,33,34,35,36,38). The number of thiocarbonyl (C=S) groups is 1. The topological polar surface area (TPSA) is 53.1 Å². The van der Waals surface area contributed by atoms with Gasteiger partial charge in [-0.1, -0.05) is 55.7 Å². The minimum Gasteiger partial charge on any atom is -0.361 e. The van der Waals surface area contributed by atoms with E-state index in [-0.39, 0.29) is 28.1 Å². The Kier molecular flexibility index (Phi) is 7.52. The highest BCUT2D eigenvalue weighted by atomic mass is 32.1. The maximum absolute atomic E-state index is 13.7. The number of benzene rings is 2. The van der Waals surface area contributed by atoms with Crippen LogP contribution in [0.5, 0.6) is 0 Å². The van der Waals surface area contributed by atoms with E-state index in [1.54, 1.807) is 12.1 Å². The number of anilines is 2. The van der Waals surface area contributed by atoms with Crippen molar-refractivity contribution in [3.05, 3.63) is 82.8 Å². The maximum Gasteiger partial charge on any atom is 0.433 e. The third-order valence-corrected chi connectivity index (χ3v) is 7.78. The fourth-order valence-corrected chi connectivity index (χ4v) is 5.65. The van der Waals surface area contributed by atoms with E-state index in [1.165, 1.54) is 17.7 Å². The number of alkyl halides is 3. The van der Waals surface area contributed by atoms with Gasteiger partial charge in [-0.25, -0.2) is 9.37 Å². The van der Waals surface area contributed by atoms with Crippen LogP contribution in [0.25, 0.3) is 0 Å². The van der Waals surface area contributed by atoms with Gasteiger partial charge in [0.2, 0.25) is 5.95 Å². The molecule has 2 N–H and O–H groups in total. The molecule has 0 atom stereocenters. The second-order valence-corrected chi connectivity index (χ2v) is 10.4. The zero-order chi connectivity index (χ0) is 26.8. The maximum atomic E-state index is 13.7. The molecule has 2 aliphatic rings. The summed E-state index contributed by atoms with van der Waals surface area (Å²) in [5.41, 5.74) is 2.02. The van der Waals surface area contributed by atoms with Gasteiger partial charge in [0.05, 0.1) is 0 Å². The van der Waals surface area contributed by atoms with E-state index in [2.05, 4.69) is 20.6 Å². The molecule has 0 spiro atoms. The van der Waals surface area contributed by atoms with E-state index >= 15 is 0 Å². The van der Waals surface area contributed by atoms with Crippen LogP contribution in [-0.4, -0.2) is 28.2 Å². The molecule has 5 rings (SSSR count). The summed E-state index contributed by atoms with van der Waals surface area (Å²) in [6, 6.07) is 15.4. The lowest BCUT2D eigenvalue weighted by Gasteiger charge is -2.38. The van der Waals surface area contributed by atoms with E-state index in [0.29, 0.717) is 19.6 Å². The molecule has 5 nitrogen and oxygen atoms in total. The quantitative estimate of drug-likeness (QED) is 0.288. The van der Waals surface area contributed by atoms with Crippen molar-refractivity contribution in [2.45, 2.75) is 56.7 Å². The molecule has 0 amide bonds. The van der Waals surface area contributed by atoms with Crippen LogP contribution in [0.1, 0.15) is 54.5 Å². The SMILES string of the molecule is Fc1ccc(C2(CNC(=S)Nc3nc(N4CCc5ccccc5C4)cc(C(F)(F)F)n3)CCCCC2)cc1. The van der Waals surface area contributed by atoms with Crippen molar-refractivity contribution in [2.24, 2.45) is 0 Å². The van der Waals surface area contributed by atoms with Gasteiger partial charge >= 0.3 is 6.18 Å². The van der Waals surface area contributed by atoms with E-state index < -0.39 is 11.9 Å². The average molecular weight is 544 g/mol. The normalized spacial score (nSPS) is 17.0. The van der Waals surface area contributed by atoms with Crippen molar-refractivity contribution >= 4 is 29.1 Å². The highest BCUT2D eigenvalue weighted by Crippen LogP contribution is 2.39. The Morgan fingerprint density at radius 3 is 2.39 bits per heavy atom. The van der Waals surface area contributed by atoms with Crippen LogP contribution in [0.4, 0.5) is 29.3 Å². The first-order valence-electron chi connectivity index (χ1n) is 12.8. The van der Waals surface area contributed by atoms with Crippen LogP contribution >= 0.6 is 12.2 Å². The Balaban J connectivity index is 1.33. The monoisotopic (exact) mass is 543 g/mol. The van der Waals surface area contributed by atoms with Gasteiger partial charge in [-0.05, 0) is 60.3 Å². The van der Waals surface area contributed by atoms with Crippen molar-refractivity contribution in [2.75, 3.05) is 23.3 Å². The summed E-state index contributed by atoms with van der Waals surface area (Å²) < 4.78 is 54.8. The Hall–Kier alpha value is -3.27. The molecule has 2 heterocycles. The molecule has 2 aromatic carbocycles. The van der Waals surface area contributed by atoms with Gasteiger partial charge in [0, 0.05) is 31.1 Å². The van der Waals surface area contributed by atoms with Gasteiger partial charge in [0.1, 0.15) is 11.6 Å². The number of hydrogen-bond acceptors (Lipinski definition) is 4. The third kappa shape index (κ3) is 5.90. The predicted octanol–water partition coefficient (Wildman–Crippen LogP) is 6.39. The summed E-state index contributed by atoms with van der Waals surface area (Å²) in [6.45, 7) is 1.49. The van der Waals surface area contributed by atoms with Crippen molar-refractivity contribution in [1.82, 2.24) is 15.3 Å². The molecule has 0 unspecified atom stereocenters. The number of nitrogens with one attached hydrogen (secondary N) is 2. The molecule has 200 valence electrons. The van der Waals surface area contributed by atoms with Crippen LogP contribution in [-0.2, 0) is 24.6 Å². The molecule has 1 aromatic heterocycles. The fourth-order valence-electron chi connectivity index (χ4n) is 5.48. The minimum absolute atomic E-state index is 0.145. The van der Waals surface area contributed by atoms with Gasteiger partial charge in [-0.2, -0.15) is 18.2 Å². The number of halogens is 4. The number of rotatable bonds is 5. The first-order valence-corrected chi connectivity index (χ1v) is 13.2. The average Bonchev–Trinajstić information content (AvgIpc) is 2.92. The lowest BCUT2D eigenvalue weighted by molar-refractivity contribution is -0.141. The van der Waals surface area contributed by atoms with Crippen LogP contribution in [0, 0.1) is 5.82 Å². The van der Waals surface area contributed by atoms with E-state index in [9.17, 15) is 17.6 Å². The molecule has 1 aliphatic carbocycles. The molecule has 3 aromatic rings. The molecule has 38 heavy (non-hydrogen) atoms. The van der Waals surface area contributed by atoms with Gasteiger partial charge in [0.15, 0.2) is 10.8 Å². The molecular weight excluding hydrogens is 514 g/mol. The smallest absolute Gasteiger partial charge is 0.361 e. The molecule has 0 radical (unpaired) electrons. The van der Waals surface area contributed by atoms with Gasteiger partial charge < -0.3 is 15.5 Å². The number of aromatic nitrogens is 2. The summed E-state index contributed by atoms with van der Waals surface area (Å²) >= 11 is 5.46. The van der Waals surface area contributed by atoms with Crippen LogP contribution in [0.15, 0.2) is 54.6 Å². The molecule has 1 fully saturated rings. The zero-order valence-electron chi connectivity index (χ0n) is 20.8. The lowest BCUT2D eigenvalue weighted by atomic mass is 9.69. The summed E-state index contributed by atoms with van der Waals surface area (Å²) in [4.78, 5) is 9.94. The second-order valence-electron chi connectivity index (χ2n) is 10.0. The molecule has 1 aliphatic heterocycles. The largest absolute Gasteiger partial charge is 0.433 e. The van der Waals surface area contributed by atoms with Crippen LogP contribution in [0.2, 0.25) is 0 Å². The first-order chi connectivity index (χ1) is 18.2. The summed E-state index contributed by atoms with van der Waals surface area (Å²) in [5, 5.41) is 6.10. The highest BCUT2D eigenvalue weighted by Gasteiger charge is 2.36. The number of fused-ring (bicyclic) bond motifs is 1. The van der Waals surface area contributed by atoms with Gasteiger partial charge in [-0.15, -0.1) is 0 Å². The van der Waals surface area contributed by atoms with Crippen LogP contribution < -0.4 is 15.5 Å². The molecule has 0 saturated heterocycles.